The first-order valence-corrected chi connectivity index (χ1v) is 5.73. The highest BCUT2D eigenvalue weighted by Crippen LogP contribution is 2.31. The van der Waals surface area contributed by atoms with E-state index in [1.54, 1.807) is 6.07 Å². The van der Waals surface area contributed by atoms with E-state index < -0.39 is 0 Å². The maximum atomic E-state index is 13.2. The molecular formula is C12H13ClFNO. The van der Waals surface area contributed by atoms with E-state index in [-0.39, 0.29) is 23.7 Å². The van der Waals surface area contributed by atoms with Crippen molar-refractivity contribution in [3.05, 3.63) is 34.6 Å². The molecule has 1 aromatic carbocycles. The summed E-state index contributed by atoms with van der Waals surface area (Å²) in [5.74, 6) is -0.292. The van der Waals surface area contributed by atoms with Crippen LogP contribution in [0, 0.1) is 5.82 Å². The number of carbonyl (C=O) groups is 1. The summed E-state index contributed by atoms with van der Waals surface area (Å²) < 4.78 is 13.2. The zero-order valence-electron chi connectivity index (χ0n) is 8.97. The van der Waals surface area contributed by atoms with Crippen LogP contribution in [-0.2, 0) is 4.79 Å². The monoisotopic (exact) mass is 241 g/mol. The molecule has 0 bridgehead atoms. The normalized spacial score (nSPS) is 24.6. The average molecular weight is 242 g/mol. The Balaban J connectivity index is 2.32. The Morgan fingerprint density at radius 1 is 1.50 bits per heavy atom. The molecule has 2 rings (SSSR count). The molecule has 1 amide bonds. The van der Waals surface area contributed by atoms with E-state index in [1.807, 2.05) is 6.92 Å². The molecule has 1 N–H and O–H groups in total. The van der Waals surface area contributed by atoms with Crippen LogP contribution in [0.5, 0.6) is 0 Å². The molecule has 1 aromatic rings. The number of halogens is 2. The molecule has 0 aromatic heterocycles. The van der Waals surface area contributed by atoms with Crippen LogP contribution >= 0.6 is 11.6 Å². The third kappa shape index (κ3) is 2.19. The highest BCUT2D eigenvalue weighted by molar-refractivity contribution is 6.30. The Morgan fingerprint density at radius 2 is 2.25 bits per heavy atom. The minimum atomic E-state index is -0.350. The lowest BCUT2D eigenvalue weighted by atomic mass is 9.90. The molecule has 1 aliphatic heterocycles. The van der Waals surface area contributed by atoms with Gasteiger partial charge in [-0.2, -0.15) is 0 Å². The van der Waals surface area contributed by atoms with Crippen LogP contribution < -0.4 is 5.32 Å². The minimum Gasteiger partial charge on any atom is -0.353 e. The van der Waals surface area contributed by atoms with E-state index in [0.717, 1.165) is 12.0 Å². The molecule has 2 atom stereocenters. The first-order valence-electron chi connectivity index (χ1n) is 5.35. The molecule has 4 heteroatoms. The lowest BCUT2D eigenvalue weighted by Crippen LogP contribution is -2.27. The molecule has 86 valence electrons. The molecule has 1 fully saturated rings. The topological polar surface area (TPSA) is 29.1 Å². The van der Waals surface area contributed by atoms with Gasteiger partial charge in [-0.1, -0.05) is 18.5 Å². The predicted molar refractivity (Wildman–Crippen MR) is 61.0 cm³/mol. The smallest absolute Gasteiger partial charge is 0.220 e. The maximum absolute atomic E-state index is 13.2. The van der Waals surface area contributed by atoms with Gasteiger partial charge in [-0.3, -0.25) is 4.79 Å². The van der Waals surface area contributed by atoms with E-state index in [0.29, 0.717) is 11.4 Å². The first kappa shape index (κ1) is 11.4. The van der Waals surface area contributed by atoms with Gasteiger partial charge in [0.05, 0.1) is 0 Å². The highest BCUT2D eigenvalue weighted by atomic mass is 35.5. The average Bonchev–Trinajstić information content (AvgIpc) is 2.58. The number of benzene rings is 1. The summed E-state index contributed by atoms with van der Waals surface area (Å²) in [4.78, 5) is 11.3. The van der Waals surface area contributed by atoms with Crippen LogP contribution in [0.4, 0.5) is 4.39 Å². The highest BCUT2D eigenvalue weighted by Gasteiger charge is 2.32. The van der Waals surface area contributed by atoms with Crippen LogP contribution in [0.15, 0.2) is 18.2 Å². The van der Waals surface area contributed by atoms with Crippen molar-refractivity contribution in [3.8, 4) is 0 Å². The Morgan fingerprint density at radius 3 is 2.88 bits per heavy atom. The van der Waals surface area contributed by atoms with Crippen LogP contribution in [0.25, 0.3) is 0 Å². The fourth-order valence-corrected chi connectivity index (χ4v) is 2.46. The summed E-state index contributed by atoms with van der Waals surface area (Å²) in [7, 11) is 0. The minimum absolute atomic E-state index is 0.0252. The van der Waals surface area contributed by atoms with E-state index in [9.17, 15) is 9.18 Å². The molecule has 16 heavy (non-hydrogen) atoms. The number of rotatable bonds is 2. The van der Waals surface area contributed by atoms with Gasteiger partial charge in [0.2, 0.25) is 5.91 Å². The van der Waals surface area contributed by atoms with Crippen LogP contribution in [0.1, 0.15) is 31.2 Å². The fraction of sp³-hybridized carbons (Fsp3) is 0.417. The first-order chi connectivity index (χ1) is 7.60. The van der Waals surface area contributed by atoms with Gasteiger partial charge in [0, 0.05) is 23.4 Å². The van der Waals surface area contributed by atoms with Gasteiger partial charge in [0.25, 0.3) is 0 Å². The Kier molecular flexibility index (Phi) is 3.15. The molecule has 1 saturated heterocycles. The maximum Gasteiger partial charge on any atom is 0.220 e. The predicted octanol–water partition coefficient (Wildman–Crippen LogP) is 2.86. The van der Waals surface area contributed by atoms with E-state index in [4.69, 9.17) is 11.6 Å². The molecule has 1 heterocycles. The lowest BCUT2D eigenvalue weighted by molar-refractivity contribution is -0.119. The second-order valence-electron chi connectivity index (χ2n) is 4.10. The Hall–Kier alpha value is -1.09. The summed E-state index contributed by atoms with van der Waals surface area (Å²) in [6, 6.07) is 4.55. The molecule has 0 aliphatic carbocycles. The number of carbonyl (C=O) groups excluding carboxylic acids is 1. The van der Waals surface area contributed by atoms with E-state index in [1.165, 1.54) is 12.1 Å². The molecule has 0 spiro atoms. The van der Waals surface area contributed by atoms with Crippen molar-refractivity contribution in [1.82, 2.24) is 5.32 Å². The van der Waals surface area contributed by atoms with Crippen molar-refractivity contribution in [2.75, 3.05) is 0 Å². The molecule has 0 saturated carbocycles. The van der Waals surface area contributed by atoms with Crippen molar-refractivity contribution in [2.45, 2.75) is 31.7 Å². The van der Waals surface area contributed by atoms with Gasteiger partial charge >= 0.3 is 0 Å². The summed E-state index contributed by atoms with van der Waals surface area (Å²) in [6.45, 7) is 2.00. The van der Waals surface area contributed by atoms with Gasteiger partial charge in [0.15, 0.2) is 0 Å². The van der Waals surface area contributed by atoms with Gasteiger partial charge in [0.1, 0.15) is 5.82 Å². The summed E-state index contributed by atoms with van der Waals surface area (Å²) in [6.07, 6.45) is 1.25. The zero-order chi connectivity index (χ0) is 11.7. The molecule has 0 radical (unpaired) electrons. The molecule has 2 unspecified atom stereocenters. The second kappa shape index (κ2) is 4.42. The van der Waals surface area contributed by atoms with Gasteiger partial charge in [-0.25, -0.2) is 4.39 Å². The van der Waals surface area contributed by atoms with Crippen molar-refractivity contribution < 1.29 is 9.18 Å². The number of nitrogens with one attached hydrogen (secondary N) is 1. The van der Waals surface area contributed by atoms with Crippen LogP contribution in [0.3, 0.4) is 0 Å². The lowest BCUT2D eigenvalue weighted by Gasteiger charge is -2.17. The molecular weight excluding hydrogens is 229 g/mol. The third-order valence-electron chi connectivity index (χ3n) is 2.99. The van der Waals surface area contributed by atoms with E-state index in [2.05, 4.69) is 5.32 Å². The van der Waals surface area contributed by atoms with Crippen molar-refractivity contribution in [2.24, 2.45) is 0 Å². The van der Waals surface area contributed by atoms with Crippen LogP contribution in [0.2, 0.25) is 5.02 Å². The standard InChI is InChI=1S/C12H13ClFNO/c1-2-11-10(6-12(16)15-11)7-3-8(13)5-9(14)4-7/h3-5,10-11H,2,6H2,1H3,(H,15,16). The number of hydrogen-bond acceptors (Lipinski definition) is 1. The molecule has 1 aliphatic rings. The van der Waals surface area contributed by atoms with E-state index >= 15 is 0 Å². The zero-order valence-corrected chi connectivity index (χ0v) is 9.72. The van der Waals surface area contributed by atoms with Crippen molar-refractivity contribution in [3.63, 3.8) is 0 Å². The fourth-order valence-electron chi connectivity index (χ4n) is 2.23. The van der Waals surface area contributed by atoms with Crippen molar-refractivity contribution >= 4 is 17.5 Å². The number of hydrogen-bond donors (Lipinski definition) is 1. The third-order valence-corrected chi connectivity index (χ3v) is 3.21. The largest absolute Gasteiger partial charge is 0.353 e. The summed E-state index contributed by atoms with van der Waals surface area (Å²) in [5, 5.41) is 3.27. The Labute approximate surface area is 98.8 Å². The second-order valence-corrected chi connectivity index (χ2v) is 4.53. The van der Waals surface area contributed by atoms with Gasteiger partial charge in [-0.15, -0.1) is 0 Å². The summed E-state index contributed by atoms with van der Waals surface area (Å²) in [5.41, 5.74) is 0.801. The summed E-state index contributed by atoms with van der Waals surface area (Å²) >= 11 is 5.81. The quantitative estimate of drug-likeness (QED) is 0.848. The SMILES string of the molecule is CCC1NC(=O)CC1c1cc(F)cc(Cl)c1. The van der Waals surface area contributed by atoms with Crippen LogP contribution in [-0.4, -0.2) is 11.9 Å². The Bertz CT molecular complexity index is 401. The van der Waals surface area contributed by atoms with Gasteiger partial charge in [-0.05, 0) is 30.2 Å². The molecule has 2 nitrogen and oxygen atoms in total. The van der Waals surface area contributed by atoms with Crippen molar-refractivity contribution in [1.29, 1.82) is 0 Å². The number of amides is 1. The van der Waals surface area contributed by atoms with Gasteiger partial charge < -0.3 is 5.32 Å².